The van der Waals surface area contributed by atoms with Gasteiger partial charge in [0.05, 0.1) is 4.99 Å². The molecule has 0 aromatic rings. The van der Waals surface area contributed by atoms with E-state index in [0.717, 1.165) is 18.8 Å². The van der Waals surface area contributed by atoms with E-state index in [1.807, 2.05) is 0 Å². The number of nitrogens with zero attached hydrogens (tertiary/aromatic N) is 1. The fourth-order valence-corrected chi connectivity index (χ4v) is 2.37. The Morgan fingerprint density at radius 1 is 1.47 bits per heavy atom. The van der Waals surface area contributed by atoms with Crippen molar-refractivity contribution in [2.24, 2.45) is 16.6 Å². The van der Waals surface area contributed by atoms with Crippen LogP contribution >= 0.6 is 12.2 Å². The molecular formula is C11H18N2OS. The van der Waals surface area contributed by atoms with E-state index < -0.39 is 0 Å². The van der Waals surface area contributed by atoms with Gasteiger partial charge in [0.25, 0.3) is 0 Å². The molecule has 0 spiro atoms. The average Bonchev–Trinajstić information content (AvgIpc) is 2.25. The van der Waals surface area contributed by atoms with Crippen LogP contribution in [-0.4, -0.2) is 17.1 Å². The number of rotatable bonds is 5. The van der Waals surface area contributed by atoms with Crippen molar-refractivity contribution >= 4 is 23.3 Å². The third-order valence-electron chi connectivity index (χ3n) is 3.11. The monoisotopic (exact) mass is 226 g/mol. The second-order valence-corrected chi connectivity index (χ2v) is 4.69. The molecule has 1 aliphatic carbocycles. The normalized spacial score (nSPS) is 19.2. The summed E-state index contributed by atoms with van der Waals surface area (Å²) in [6.45, 7) is 0. The Hall–Kier alpha value is -0.730. The maximum absolute atomic E-state index is 10.2. The predicted molar refractivity (Wildman–Crippen MR) is 64.5 cm³/mol. The van der Waals surface area contributed by atoms with Crippen LogP contribution in [0.4, 0.5) is 0 Å². The molecule has 1 saturated carbocycles. The molecule has 84 valence electrons. The summed E-state index contributed by atoms with van der Waals surface area (Å²) >= 11 is 4.85. The SMILES string of the molecule is NC(=S)C(CCC1CCCCC1)N=C=O. The van der Waals surface area contributed by atoms with Gasteiger partial charge in [-0.05, 0) is 18.8 Å². The molecule has 0 bridgehead atoms. The summed E-state index contributed by atoms with van der Waals surface area (Å²) in [7, 11) is 0. The minimum atomic E-state index is -0.292. The van der Waals surface area contributed by atoms with Crippen molar-refractivity contribution in [2.45, 2.75) is 51.0 Å². The molecule has 0 amide bonds. The Bertz CT molecular complexity index is 253. The summed E-state index contributed by atoms with van der Waals surface area (Å²) in [6.07, 6.45) is 10.1. The quantitative estimate of drug-likeness (QED) is 0.445. The number of hydrogen-bond donors (Lipinski definition) is 1. The van der Waals surface area contributed by atoms with E-state index in [0.29, 0.717) is 4.99 Å². The van der Waals surface area contributed by atoms with Crippen molar-refractivity contribution in [3.8, 4) is 0 Å². The van der Waals surface area contributed by atoms with E-state index in [-0.39, 0.29) is 6.04 Å². The van der Waals surface area contributed by atoms with Gasteiger partial charge >= 0.3 is 0 Å². The lowest BCUT2D eigenvalue weighted by molar-refractivity contribution is 0.330. The van der Waals surface area contributed by atoms with Crippen LogP contribution in [-0.2, 0) is 4.79 Å². The van der Waals surface area contributed by atoms with Gasteiger partial charge in [0, 0.05) is 0 Å². The first kappa shape index (κ1) is 12.3. The lowest BCUT2D eigenvalue weighted by Crippen LogP contribution is -2.25. The van der Waals surface area contributed by atoms with Gasteiger partial charge in [0.1, 0.15) is 6.04 Å². The molecule has 0 radical (unpaired) electrons. The number of aliphatic imine (C=N–C) groups is 1. The van der Waals surface area contributed by atoms with Gasteiger partial charge in [0.15, 0.2) is 0 Å². The highest BCUT2D eigenvalue weighted by Gasteiger charge is 2.17. The highest BCUT2D eigenvalue weighted by atomic mass is 32.1. The fraction of sp³-hybridized carbons (Fsp3) is 0.818. The topological polar surface area (TPSA) is 55.4 Å². The third-order valence-corrected chi connectivity index (χ3v) is 3.38. The third kappa shape index (κ3) is 4.54. The fourth-order valence-electron chi connectivity index (χ4n) is 2.20. The Kier molecular flexibility index (Phi) is 5.51. The summed E-state index contributed by atoms with van der Waals surface area (Å²) < 4.78 is 0. The Morgan fingerprint density at radius 2 is 2.13 bits per heavy atom. The van der Waals surface area contributed by atoms with Crippen LogP contribution < -0.4 is 5.73 Å². The van der Waals surface area contributed by atoms with Gasteiger partial charge in [-0.25, -0.2) is 4.79 Å². The molecule has 15 heavy (non-hydrogen) atoms. The van der Waals surface area contributed by atoms with E-state index in [9.17, 15) is 4.79 Å². The maximum atomic E-state index is 10.2. The zero-order valence-corrected chi connectivity index (χ0v) is 9.76. The zero-order chi connectivity index (χ0) is 11.1. The summed E-state index contributed by atoms with van der Waals surface area (Å²) in [5.74, 6) is 0.775. The lowest BCUT2D eigenvalue weighted by atomic mass is 9.85. The zero-order valence-electron chi connectivity index (χ0n) is 8.95. The summed E-state index contributed by atoms with van der Waals surface area (Å²) in [5.41, 5.74) is 5.50. The first-order valence-electron chi connectivity index (χ1n) is 5.60. The number of nitrogens with two attached hydrogens (primary N) is 1. The lowest BCUT2D eigenvalue weighted by Gasteiger charge is -2.22. The second kappa shape index (κ2) is 6.70. The molecule has 1 fully saturated rings. The number of thiocarbonyl (C=S) groups is 1. The molecule has 1 rings (SSSR count). The molecule has 0 aromatic carbocycles. The molecule has 0 aliphatic heterocycles. The highest BCUT2D eigenvalue weighted by molar-refractivity contribution is 7.80. The molecule has 4 heteroatoms. The number of carbonyl (C=O) groups excluding carboxylic acids is 1. The van der Waals surface area contributed by atoms with E-state index in [1.165, 1.54) is 32.1 Å². The van der Waals surface area contributed by atoms with Gasteiger partial charge in [-0.15, -0.1) is 0 Å². The Labute approximate surface area is 96.1 Å². The minimum absolute atomic E-state index is 0.292. The smallest absolute Gasteiger partial charge is 0.235 e. The van der Waals surface area contributed by atoms with Gasteiger partial charge < -0.3 is 5.73 Å². The van der Waals surface area contributed by atoms with Gasteiger partial charge in [-0.3, -0.25) is 0 Å². The predicted octanol–water partition coefficient (Wildman–Crippen LogP) is 2.34. The average molecular weight is 226 g/mol. The van der Waals surface area contributed by atoms with Crippen LogP contribution in [0.3, 0.4) is 0 Å². The van der Waals surface area contributed by atoms with Crippen molar-refractivity contribution in [2.75, 3.05) is 0 Å². The van der Waals surface area contributed by atoms with E-state index >= 15 is 0 Å². The molecule has 1 aliphatic rings. The summed E-state index contributed by atoms with van der Waals surface area (Å²) in [6, 6.07) is -0.292. The highest BCUT2D eigenvalue weighted by Crippen LogP contribution is 2.28. The molecule has 3 nitrogen and oxygen atoms in total. The van der Waals surface area contributed by atoms with Crippen LogP contribution in [0.2, 0.25) is 0 Å². The molecule has 1 unspecified atom stereocenters. The Balaban J connectivity index is 2.32. The van der Waals surface area contributed by atoms with E-state index in [4.69, 9.17) is 18.0 Å². The van der Waals surface area contributed by atoms with Crippen LogP contribution in [0.1, 0.15) is 44.9 Å². The summed E-state index contributed by atoms with van der Waals surface area (Å²) in [4.78, 5) is 14.1. The minimum Gasteiger partial charge on any atom is -0.392 e. The molecule has 0 heterocycles. The maximum Gasteiger partial charge on any atom is 0.235 e. The number of isocyanates is 1. The van der Waals surface area contributed by atoms with Crippen LogP contribution in [0.15, 0.2) is 4.99 Å². The van der Waals surface area contributed by atoms with Crippen molar-refractivity contribution in [1.29, 1.82) is 0 Å². The Morgan fingerprint density at radius 3 is 2.67 bits per heavy atom. The first-order chi connectivity index (χ1) is 7.24. The largest absolute Gasteiger partial charge is 0.392 e. The molecule has 0 saturated heterocycles. The number of hydrogen-bond acceptors (Lipinski definition) is 3. The standard InChI is InChI=1S/C11H18N2OS/c12-11(15)10(13-8-14)7-6-9-4-2-1-3-5-9/h9-10H,1-7H2,(H2,12,15). The molecule has 0 aromatic heterocycles. The molecule has 2 N–H and O–H groups in total. The van der Waals surface area contributed by atoms with Crippen LogP contribution in [0.5, 0.6) is 0 Å². The van der Waals surface area contributed by atoms with Crippen LogP contribution in [0, 0.1) is 5.92 Å². The van der Waals surface area contributed by atoms with Crippen molar-refractivity contribution in [3.63, 3.8) is 0 Å². The van der Waals surface area contributed by atoms with Crippen molar-refractivity contribution < 1.29 is 4.79 Å². The van der Waals surface area contributed by atoms with E-state index in [1.54, 1.807) is 6.08 Å². The first-order valence-corrected chi connectivity index (χ1v) is 6.01. The molecular weight excluding hydrogens is 208 g/mol. The van der Waals surface area contributed by atoms with Gasteiger partial charge in [0.2, 0.25) is 6.08 Å². The van der Waals surface area contributed by atoms with Gasteiger partial charge in [-0.2, -0.15) is 4.99 Å². The second-order valence-electron chi connectivity index (χ2n) is 4.22. The van der Waals surface area contributed by atoms with Gasteiger partial charge in [-0.1, -0.05) is 44.3 Å². The van der Waals surface area contributed by atoms with E-state index in [2.05, 4.69) is 4.99 Å². The molecule has 1 atom stereocenters. The van der Waals surface area contributed by atoms with Crippen LogP contribution in [0.25, 0.3) is 0 Å². The summed E-state index contributed by atoms with van der Waals surface area (Å²) in [5, 5.41) is 0. The van der Waals surface area contributed by atoms with Crippen molar-refractivity contribution in [1.82, 2.24) is 0 Å². The van der Waals surface area contributed by atoms with Crippen molar-refractivity contribution in [3.05, 3.63) is 0 Å².